The quantitative estimate of drug-likeness (QED) is 0.235. The van der Waals surface area contributed by atoms with Gasteiger partial charge >= 0.3 is 0 Å². The molecule has 6 rings (SSSR count). The standard InChI is InChI=1S/C24H18N2/c1-13-11-15(3)23-18(12-13)22-21-16(9-10-25-22)7-8-17-20-14(2)5-4-6-19(20)26(23)24(17)21/h4-12H,1-3H3. The van der Waals surface area contributed by atoms with Gasteiger partial charge in [0.25, 0.3) is 0 Å². The lowest BCUT2D eigenvalue weighted by atomic mass is 9.99. The second-order valence-electron chi connectivity index (χ2n) is 7.50. The molecule has 3 aromatic heterocycles. The normalized spacial score (nSPS) is 12.4. The predicted molar refractivity (Wildman–Crippen MR) is 111 cm³/mol. The van der Waals surface area contributed by atoms with Gasteiger partial charge in [-0.3, -0.25) is 4.98 Å². The van der Waals surface area contributed by atoms with Gasteiger partial charge in [0.2, 0.25) is 0 Å². The average Bonchev–Trinajstić information content (AvgIpc) is 2.97. The average molecular weight is 334 g/mol. The smallest absolute Gasteiger partial charge is 0.0822 e. The predicted octanol–water partition coefficient (Wildman–Crippen LogP) is 6.31. The van der Waals surface area contributed by atoms with Crippen LogP contribution in [-0.4, -0.2) is 9.38 Å². The first-order chi connectivity index (χ1) is 12.6. The highest BCUT2D eigenvalue weighted by Crippen LogP contribution is 2.42. The summed E-state index contributed by atoms with van der Waals surface area (Å²) in [5.74, 6) is 0. The largest absolute Gasteiger partial charge is 0.308 e. The SMILES string of the molecule is Cc1cc(C)c2c(c1)c1nccc3ccc4c5c(C)cccc5n2c4c31. The lowest BCUT2D eigenvalue weighted by Gasteiger charge is -2.14. The third kappa shape index (κ3) is 1.51. The molecule has 0 radical (unpaired) electrons. The summed E-state index contributed by atoms with van der Waals surface area (Å²) in [4.78, 5) is 4.82. The fourth-order valence-electron chi connectivity index (χ4n) is 4.87. The van der Waals surface area contributed by atoms with E-state index in [1.54, 1.807) is 0 Å². The van der Waals surface area contributed by atoms with Gasteiger partial charge in [0.15, 0.2) is 0 Å². The van der Waals surface area contributed by atoms with Crippen LogP contribution in [0.4, 0.5) is 0 Å². The van der Waals surface area contributed by atoms with Crippen molar-refractivity contribution in [3.63, 3.8) is 0 Å². The van der Waals surface area contributed by atoms with Crippen LogP contribution in [0.2, 0.25) is 0 Å². The Morgan fingerprint density at radius 3 is 2.54 bits per heavy atom. The first-order valence-electron chi connectivity index (χ1n) is 9.08. The van der Waals surface area contributed by atoms with Gasteiger partial charge in [-0.05, 0) is 55.5 Å². The molecule has 0 bridgehead atoms. The summed E-state index contributed by atoms with van der Waals surface area (Å²) in [7, 11) is 0. The zero-order valence-corrected chi connectivity index (χ0v) is 15.1. The van der Waals surface area contributed by atoms with E-state index in [1.807, 2.05) is 6.20 Å². The number of hydrogen-bond donors (Lipinski definition) is 0. The first kappa shape index (κ1) is 14.1. The lowest BCUT2D eigenvalue weighted by molar-refractivity contribution is 1.29. The maximum atomic E-state index is 4.82. The molecule has 0 N–H and O–H groups in total. The minimum atomic E-state index is 1.11. The van der Waals surface area contributed by atoms with Crippen molar-refractivity contribution in [1.29, 1.82) is 0 Å². The summed E-state index contributed by atoms with van der Waals surface area (Å²) in [6.45, 7) is 6.59. The van der Waals surface area contributed by atoms with E-state index in [0.29, 0.717) is 0 Å². The van der Waals surface area contributed by atoms with Gasteiger partial charge in [-0.25, -0.2) is 0 Å². The summed E-state index contributed by atoms with van der Waals surface area (Å²) >= 11 is 0. The minimum Gasteiger partial charge on any atom is -0.308 e. The van der Waals surface area contributed by atoms with E-state index < -0.39 is 0 Å². The zero-order valence-electron chi connectivity index (χ0n) is 15.1. The van der Waals surface area contributed by atoms with E-state index in [-0.39, 0.29) is 0 Å². The summed E-state index contributed by atoms with van der Waals surface area (Å²) < 4.78 is 2.47. The fourth-order valence-corrected chi connectivity index (χ4v) is 4.87. The van der Waals surface area contributed by atoms with Gasteiger partial charge in [-0.2, -0.15) is 0 Å². The number of rotatable bonds is 0. The summed E-state index contributed by atoms with van der Waals surface area (Å²) in [5.41, 5.74) is 8.88. The zero-order chi connectivity index (χ0) is 17.6. The molecule has 0 aliphatic rings. The van der Waals surface area contributed by atoms with Crippen molar-refractivity contribution in [2.45, 2.75) is 20.8 Å². The molecule has 0 fully saturated rings. The molecule has 0 unspecified atom stereocenters. The highest BCUT2D eigenvalue weighted by atomic mass is 14.9. The third-order valence-electron chi connectivity index (χ3n) is 5.81. The second-order valence-corrected chi connectivity index (χ2v) is 7.50. The Kier molecular flexibility index (Phi) is 2.45. The van der Waals surface area contributed by atoms with E-state index >= 15 is 0 Å². The van der Waals surface area contributed by atoms with Crippen LogP contribution in [0.15, 0.2) is 54.7 Å². The maximum Gasteiger partial charge on any atom is 0.0822 e. The fraction of sp³-hybridized carbons (Fsp3) is 0.125. The van der Waals surface area contributed by atoms with Crippen molar-refractivity contribution in [2.75, 3.05) is 0 Å². The van der Waals surface area contributed by atoms with Crippen molar-refractivity contribution in [1.82, 2.24) is 9.38 Å². The van der Waals surface area contributed by atoms with E-state index in [4.69, 9.17) is 4.98 Å². The van der Waals surface area contributed by atoms with Crippen LogP contribution >= 0.6 is 0 Å². The van der Waals surface area contributed by atoms with E-state index in [1.165, 1.54) is 60.2 Å². The summed E-state index contributed by atoms with van der Waals surface area (Å²) in [6, 6.07) is 17.8. The number of hydrogen-bond acceptors (Lipinski definition) is 1. The molecule has 26 heavy (non-hydrogen) atoms. The highest BCUT2D eigenvalue weighted by Gasteiger charge is 2.20. The second kappa shape index (κ2) is 4.53. The Hall–Kier alpha value is -3.13. The number of nitrogens with zero attached hydrogens (tertiary/aromatic N) is 2. The first-order valence-corrected chi connectivity index (χ1v) is 9.08. The molecule has 0 atom stereocenters. The van der Waals surface area contributed by atoms with Crippen LogP contribution < -0.4 is 0 Å². The Labute approximate surface area is 151 Å². The van der Waals surface area contributed by atoms with E-state index in [2.05, 4.69) is 73.7 Å². The van der Waals surface area contributed by atoms with Crippen LogP contribution in [0, 0.1) is 20.8 Å². The van der Waals surface area contributed by atoms with Crippen molar-refractivity contribution < 1.29 is 0 Å². The van der Waals surface area contributed by atoms with Crippen molar-refractivity contribution in [3.05, 3.63) is 71.4 Å². The molecule has 124 valence electrons. The number of pyridine rings is 2. The van der Waals surface area contributed by atoms with Crippen LogP contribution in [0.3, 0.4) is 0 Å². The molecule has 0 spiro atoms. The Bertz CT molecular complexity index is 1500. The molecular formula is C24H18N2. The maximum absolute atomic E-state index is 4.82. The monoisotopic (exact) mass is 334 g/mol. The van der Waals surface area contributed by atoms with E-state index in [9.17, 15) is 0 Å². The third-order valence-corrected chi connectivity index (χ3v) is 5.81. The highest BCUT2D eigenvalue weighted by molar-refractivity contribution is 6.28. The van der Waals surface area contributed by atoms with Crippen molar-refractivity contribution >= 4 is 49.0 Å². The molecule has 6 aromatic rings. The van der Waals surface area contributed by atoms with Gasteiger partial charge in [0, 0.05) is 27.7 Å². The van der Waals surface area contributed by atoms with E-state index in [0.717, 1.165) is 5.52 Å². The van der Waals surface area contributed by atoms with Gasteiger partial charge in [-0.1, -0.05) is 35.9 Å². The van der Waals surface area contributed by atoms with Gasteiger partial charge in [-0.15, -0.1) is 0 Å². The number of benzene rings is 3. The van der Waals surface area contributed by atoms with Crippen LogP contribution in [0.1, 0.15) is 16.7 Å². The van der Waals surface area contributed by atoms with Crippen molar-refractivity contribution in [3.8, 4) is 0 Å². The van der Waals surface area contributed by atoms with Gasteiger partial charge in [0.1, 0.15) is 0 Å². The molecule has 3 heterocycles. The Morgan fingerprint density at radius 1 is 0.769 bits per heavy atom. The Balaban J connectivity index is 2.15. The van der Waals surface area contributed by atoms with Crippen LogP contribution in [0.25, 0.3) is 49.0 Å². The molecule has 0 amide bonds. The number of aromatic nitrogens is 2. The number of aryl methyl sites for hydroxylation is 3. The lowest BCUT2D eigenvalue weighted by Crippen LogP contribution is -1.96. The molecule has 3 aromatic carbocycles. The molecule has 2 heteroatoms. The molecule has 2 nitrogen and oxygen atoms in total. The molecule has 0 saturated heterocycles. The summed E-state index contributed by atoms with van der Waals surface area (Å²) in [6.07, 6.45) is 1.94. The topological polar surface area (TPSA) is 17.3 Å². The van der Waals surface area contributed by atoms with Crippen LogP contribution in [0.5, 0.6) is 0 Å². The van der Waals surface area contributed by atoms with Gasteiger partial charge in [0.05, 0.1) is 22.1 Å². The molecular weight excluding hydrogens is 316 g/mol. The van der Waals surface area contributed by atoms with Crippen molar-refractivity contribution in [2.24, 2.45) is 0 Å². The molecule has 0 saturated carbocycles. The Morgan fingerprint density at radius 2 is 1.65 bits per heavy atom. The molecule has 0 aliphatic heterocycles. The van der Waals surface area contributed by atoms with Crippen LogP contribution in [-0.2, 0) is 0 Å². The number of fused-ring (bicyclic) bond motifs is 6. The minimum absolute atomic E-state index is 1.11. The summed E-state index contributed by atoms with van der Waals surface area (Å²) in [5, 5.41) is 6.46. The van der Waals surface area contributed by atoms with Gasteiger partial charge < -0.3 is 4.40 Å². The molecule has 0 aliphatic carbocycles.